The maximum atomic E-state index is 12.8. The fraction of sp³-hybridized carbons (Fsp3) is 0.500. The zero-order valence-electron chi connectivity index (χ0n) is 21.6. The van der Waals surface area contributed by atoms with E-state index in [1.54, 1.807) is 0 Å². The highest BCUT2D eigenvalue weighted by Gasteiger charge is 2.22. The van der Waals surface area contributed by atoms with Gasteiger partial charge in [0.1, 0.15) is 22.6 Å². The molecule has 36 heavy (non-hydrogen) atoms. The molecule has 2 heterocycles. The number of aromatic amines is 1. The van der Waals surface area contributed by atoms with Crippen molar-refractivity contribution in [3.8, 4) is 17.2 Å². The number of nitriles is 1. The Morgan fingerprint density at radius 1 is 0.944 bits per heavy atom. The lowest BCUT2D eigenvalue weighted by molar-refractivity contribution is 0.605. The molecule has 0 aliphatic rings. The highest BCUT2D eigenvalue weighted by molar-refractivity contribution is 6.33. The van der Waals surface area contributed by atoms with Crippen molar-refractivity contribution in [1.29, 1.82) is 5.26 Å². The normalized spacial score (nSPS) is 11.5. The number of aryl methyl sites for hydroxylation is 1. The maximum Gasteiger partial charge on any atom is 0.333 e. The van der Waals surface area contributed by atoms with Gasteiger partial charge in [-0.2, -0.15) is 5.26 Å². The van der Waals surface area contributed by atoms with Crippen molar-refractivity contribution in [2.45, 2.75) is 96.8 Å². The van der Waals surface area contributed by atoms with E-state index in [4.69, 9.17) is 11.6 Å². The van der Waals surface area contributed by atoms with Gasteiger partial charge in [-0.15, -0.1) is 0 Å². The summed E-state index contributed by atoms with van der Waals surface area (Å²) in [4.78, 5) is 20.2. The second-order valence-corrected chi connectivity index (χ2v) is 9.86. The molecule has 6 heteroatoms. The van der Waals surface area contributed by atoms with Crippen LogP contribution in [-0.4, -0.2) is 14.4 Å². The number of aromatic nitrogens is 3. The summed E-state index contributed by atoms with van der Waals surface area (Å²) in [6.45, 7) is 2.26. The fourth-order valence-corrected chi connectivity index (χ4v) is 4.97. The number of hydrogen-bond donors (Lipinski definition) is 1. The zero-order chi connectivity index (χ0) is 25.6. The third-order valence-electron chi connectivity index (χ3n) is 6.63. The van der Waals surface area contributed by atoms with Gasteiger partial charge in [0.05, 0.1) is 0 Å². The molecule has 5 nitrogen and oxygen atoms in total. The molecule has 192 valence electrons. The molecule has 1 aromatic carbocycles. The summed E-state index contributed by atoms with van der Waals surface area (Å²) in [5, 5.41) is 10.0. The Morgan fingerprint density at radius 2 is 1.56 bits per heavy atom. The van der Waals surface area contributed by atoms with E-state index in [-0.39, 0.29) is 10.8 Å². The van der Waals surface area contributed by atoms with Gasteiger partial charge in [-0.3, -0.25) is 4.98 Å². The minimum atomic E-state index is -0.355. The van der Waals surface area contributed by atoms with Gasteiger partial charge in [0.25, 0.3) is 0 Å². The largest absolute Gasteiger partial charge is 0.333 e. The van der Waals surface area contributed by atoms with Gasteiger partial charge < -0.3 is 0 Å². The van der Waals surface area contributed by atoms with Crippen LogP contribution in [0.25, 0.3) is 16.8 Å². The van der Waals surface area contributed by atoms with E-state index < -0.39 is 0 Å². The minimum Gasteiger partial charge on any atom is -0.295 e. The molecular weight excluding hydrogens is 468 g/mol. The Kier molecular flexibility index (Phi) is 11.8. The number of nitrogens with one attached hydrogen (secondary N) is 1. The lowest BCUT2D eigenvalue weighted by atomic mass is 10.1. The molecule has 0 fully saturated rings. The van der Waals surface area contributed by atoms with Crippen LogP contribution in [0, 0.1) is 11.3 Å². The van der Waals surface area contributed by atoms with Crippen molar-refractivity contribution < 1.29 is 0 Å². The Hall–Kier alpha value is -2.84. The predicted molar refractivity (Wildman–Crippen MR) is 150 cm³/mol. The summed E-state index contributed by atoms with van der Waals surface area (Å²) in [6, 6.07) is 11.6. The summed E-state index contributed by atoms with van der Waals surface area (Å²) in [5.41, 5.74) is 1.65. The number of benzene rings is 1. The number of H-pyrrole nitrogens is 1. The fourth-order valence-electron chi connectivity index (χ4n) is 4.61. The smallest absolute Gasteiger partial charge is 0.295 e. The van der Waals surface area contributed by atoms with E-state index in [0.717, 1.165) is 24.8 Å². The SMILES string of the molecule is CCCCCCCC/C=C/CCCCCCCc1nc2c(C#N)c(-c3ccccc3)c(Cl)n2c(=O)[nH]1. The molecule has 0 amide bonds. The number of fused-ring (bicyclic) bond motifs is 1. The molecule has 0 bridgehead atoms. The summed E-state index contributed by atoms with van der Waals surface area (Å²) in [5.74, 6) is 0.607. The van der Waals surface area contributed by atoms with Crippen LogP contribution in [-0.2, 0) is 6.42 Å². The average molecular weight is 507 g/mol. The molecule has 0 atom stereocenters. The lowest BCUT2D eigenvalue weighted by Gasteiger charge is -2.03. The first-order valence-corrected chi connectivity index (χ1v) is 14.0. The van der Waals surface area contributed by atoms with Crippen LogP contribution < -0.4 is 5.69 Å². The Balaban J connectivity index is 1.42. The first kappa shape index (κ1) is 27.7. The number of nitrogens with zero attached hydrogens (tertiary/aromatic N) is 3. The number of allylic oxidation sites excluding steroid dienone is 2. The van der Waals surface area contributed by atoms with Crippen LogP contribution >= 0.6 is 11.6 Å². The molecule has 1 N–H and O–H groups in total. The van der Waals surface area contributed by atoms with Crippen LogP contribution in [0.2, 0.25) is 5.15 Å². The van der Waals surface area contributed by atoms with Crippen molar-refractivity contribution in [3.63, 3.8) is 0 Å². The summed E-state index contributed by atoms with van der Waals surface area (Å²) in [7, 11) is 0. The van der Waals surface area contributed by atoms with Crippen molar-refractivity contribution in [2.75, 3.05) is 0 Å². The van der Waals surface area contributed by atoms with Gasteiger partial charge in [-0.05, 0) is 37.7 Å². The molecule has 0 spiro atoms. The summed E-state index contributed by atoms with van der Waals surface area (Å²) >= 11 is 6.53. The van der Waals surface area contributed by atoms with Gasteiger partial charge >= 0.3 is 5.69 Å². The standard InChI is InChI=1S/C30H39ClN4O/c1-2-3-4-5-6-7-8-9-10-11-12-13-14-15-19-22-26-33-29-25(23-32)27(24-20-17-16-18-21-24)28(31)35(29)30(36)34-26/h9-10,16-18,20-21H,2-8,11-15,19,22H2,1H3,(H,33,34,36)/b10-9+. The second kappa shape index (κ2) is 15.3. The third-order valence-corrected chi connectivity index (χ3v) is 6.99. The molecule has 3 rings (SSSR count). The second-order valence-electron chi connectivity index (χ2n) is 9.50. The van der Waals surface area contributed by atoms with E-state index in [1.165, 1.54) is 68.6 Å². The van der Waals surface area contributed by atoms with Crippen molar-refractivity contribution >= 4 is 17.2 Å². The minimum absolute atomic E-state index is 0.217. The molecule has 0 saturated carbocycles. The molecule has 3 aromatic rings. The first-order valence-electron chi connectivity index (χ1n) is 13.6. The van der Waals surface area contributed by atoms with Gasteiger partial charge in [0, 0.05) is 12.0 Å². The van der Waals surface area contributed by atoms with Gasteiger partial charge in [0.15, 0.2) is 5.65 Å². The number of rotatable bonds is 16. The molecule has 0 unspecified atom stereocenters. The average Bonchev–Trinajstić information content (AvgIpc) is 3.18. The van der Waals surface area contributed by atoms with Crippen LogP contribution in [0.15, 0.2) is 47.3 Å². The quantitative estimate of drug-likeness (QED) is 0.156. The Labute approximate surface area is 220 Å². The topological polar surface area (TPSA) is 74.0 Å². The lowest BCUT2D eigenvalue weighted by Crippen LogP contribution is -2.20. The van der Waals surface area contributed by atoms with Crippen LogP contribution in [0.1, 0.15) is 102 Å². The van der Waals surface area contributed by atoms with E-state index in [2.05, 4.69) is 35.1 Å². The molecule has 2 aromatic heterocycles. The highest BCUT2D eigenvalue weighted by atomic mass is 35.5. The van der Waals surface area contributed by atoms with E-state index >= 15 is 0 Å². The summed E-state index contributed by atoms with van der Waals surface area (Å²) in [6.07, 6.45) is 21.6. The Bertz CT molecular complexity index is 1200. The van der Waals surface area contributed by atoms with E-state index in [9.17, 15) is 10.1 Å². The van der Waals surface area contributed by atoms with Crippen molar-refractivity contribution in [1.82, 2.24) is 14.4 Å². The van der Waals surface area contributed by atoms with Gasteiger partial charge in [-0.25, -0.2) is 14.2 Å². The first-order chi connectivity index (χ1) is 17.7. The number of unbranched alkanes of at least 4 members (excludes halogenated alkanes) is 11. The molecule has 0 aliphatic carbocycles. The summed E-state index contributed by atoms with van der Waals surface area (Å²) < 4.78 is 1.30. The Morgan fingerprint density at radius 3 is 2.19 bits per heavy atom. The molecule has 0 saturated heterocycles. The number of halogens is 1. The predicted octanol–water partition coefficient (Wildman–Crippen LogP) is 8.40. The van der Waals surface area contributed by atoms with Crippen molar-refractivity contribution in [3.05, 3.63) is 69.5 Å². The maximum absolute atomic E-state index is 12.8. The molecule has 0 radical (unpaired) electrons. The van der Waals surface area contributed by atoms with Crippen LogP contribution in [0.3, 0.4) is 0 Å². The van der Waals surface area contributed by atoms with E-state index in [0.29, 0.717) is 29.0 Å². The third kappa shape index (κ3) is 7.83. The number of hydrogen-bond acceptors (Lipinski definition) is 3. The highest BCUT2D eigenvalue weighted by Crippen LogP contribution is 2.34. The molecule has 0 aliphatic heterocycles. The van der Waals surface area contributed by atoms with Crippen LogP contribution in [0.4, 0.5) is 0 Å². The monoisotopic (exact) mass is 506 g/mol. The van der Waals surface area contributed by atoms with Gasteiger partial charge in [0.2, 0.25) is 0 Å². The zero-order valence-corrected chi connectivity index (χ0v) is 22.3. The molecular formula is C30H39ClN4O. The van der Waals surface area contributed by atoms with E-state index in [1.807, 2.05) is 30.3 Å². The van der Waals surface area contributed by atoms with Crippen molar-refractivity contribution in [2.24, 2.45) is 0 Å². The van der Waals surface area contributed by atoms with Crippen LogP contribution in [0.5, 0.6) is 0 Å². The van der Waals surface area contributed by atoms with Gasteiger partial charge in [-0.1, -0.05) is 112 Å².